The number of fused-ring (bicyclic) bond motifs is 10. The van der Waals surface area contributed by atoms with Crippen LogP contribution in [0.25, 0.3) is 85.9 Å². The molecule has 0 spiro atoms. The van der Waals surface area contributed by atoms with Crippen molar-refractivity contribution in [1.82, 2.24) is 0 Å². The predicted octanol–water partition coefficient (Wildman–Crippen LogP) is 12.7. The Balaban J connectivity index is 1.34. The van der Waals surface area contributed by atoms with Crippen LogP contribution in [-0.4, -0.2) is 0 Å². The van der Waals surface area contributed by atoms with Crippen molar-refractivity contribution in [1.29, 1.82) is 0 Å². The molecule has 0 N–H and O–H groups in total. The fraction of sp³-hybridized carbons (Fsp3) is 0. The Morgan fingerprint density at radius 1 is 0.409 bits per heavy atom. The van der Waals surface area contributed by atoms with E-state index in [0.717, 1.165) is 27.5 Å². The fourth-order valence-corrected chi connectivity index (χ4v) is 7.93. The average molecular weight is 579 g/mol. The molecular formula is C42H26OS. The molecule has 0 aliphatic carbocycles. The first kappa shape index (κ1) is 25.1. The van der Waals surface area contributed by atoms with Gasteiger partial charge in [0.1, 0.15) is 11.2 Å². The first-order chi connectivity index (χ1) is 21.8. The van der Waals surface area contributed by atoms with Gasteiger partial charge in [0.05, 0.1) is 0 Å². The highest BCUT2D eigenvalue weighted by atomic mass is 32.1. The van der Waals surface area contributed by atoms with Gasteiger partial charge in [-0.05, 0) is 62.7 Å². The molecule has 9 rings (SSSR count). The standard InChI is InChI=1S/C42H26OS/c1-2-7-15-31(33-17-9-8-16-32(33)30(14-6-1)27-12-4-3-5-13-27)29-22-25-38-37(26-29)35-23-20-28-21-24-36-34-18-10-11-19-39(34)44-42(36)40(28)41(35)43-38/h1-26H. The van der Waals surface area contributed by atoms with Crippen LogP contribution >= 0.6 is 11.3 Å². The Morgan fingerprint density at radius 3 is 1.80 bits per heavy atom. The summed E-state index contributed by atoms with van der Waals surface area (Å²) < 4.78 is 9.29. The van der Waals surface area contributed by atoms with Crippen LogP contribution in [-0.2, 0) is 0 Å². The van der Waals surface area contributed by atoms with Crippen LogP contribution < -0.4 is 0 Å². The molecule has 44 heavy (non-hydrogen) atoms. The van der Waals surface area contributed by atoms with Gasteiger partial charge in [-0.1, -0.05) is 133 Å². The molecule has 2 heterocycles. The van der Waals surface area contributed by atoms with Gasteiger partial charge in [0.2, 0.25) is 0 Å². The summed E-state index contributed by atoms with van der Waals surface area (Å²) in [5.74, 6) is 0. The molecule has 0 amide bonds. The lowest BCUT2D eigenvalue weighted by molar-refractivity contribution is 0.673. The normalized spacial score (nSPS) is 11.6. The van der Waals surface area contributed by atoms with Gasteiger partial charge in [-0.25, -0.2) is 0 Å². The van der Waals surface area contributed by atoms with Gasteiger partial charge < -0.3 is 4.42 Å². The third-order valence-electron chi connectivity index (χ3n) is 8.72. The summed E-state index contributed by atoms with van der Waals surface area (Å²) in [6.45, 7) is 0. The Hall–Kier alpha value is -5.44. The number of furan rings is 1. The van der Waals surface area contributed by atoms with Crippen molar-refractivity contribution in [2.75, 3.05) is 0 Å². The van der Waals surface area contributed by atoms with Crippen LogP contribution in [0.4, 0.5) is 0 Å². The largest absolute Gasteiger partial charge is 0.455 e. The van der Waals surface area contributed by atoms with E-state index in [-0.39, 0.29) is 0 Å². The molecule has 0 saturated carbocycles. The zero-order valence-corrected chi connectivity index (χ0v) is 24.6. The van der Waals surface area contributed by atoms with Gasteiger partial charge in [0, 0.05) is 36.3 Å². The van der Waals surface area contributed by atoms with E-state index in [1.165, 1.54) is 58.4 Å². The molecule has 2 aromatic heterocycles. The Labute approximate surface area is 258 Å². The molecule has 0 aliphatic rings. The molecule has 0 radical (unpaired) electrons. The SMILES string of the molecule is c1ccc(-c2ccccccc(-c3ccc4oc5c(ccc6ccc7c8ccccc8sc7c65)c4c3)c3ccccc23)cc1. The number of benzene rings is 6. The van der Waals surface area contributed by atoms with Crippen LogP contribution in [0, 0.1) is 0 Å². The quantitative estimate of drug-likeness (QED) is 0.199. The van der Waals surface area contributed by atoms with Gasteiger partial charge in [-0.15, -0.1) is 11.3 Å². The summed E-state index contributed by atoms with van der Waals surface area (Å²) in [5.41, 5.74) is 6.61. The van der Waals surface area contributed by atoms with Crippen LogP contribution in [0.2, 0.25) is 0 Å². The van der Waals surface area contributed by atoms with Crippen LogP contribution in [0.3, 0.4) is 0 Å². The lowest BCUT2D eigenvalue weighted by Gasteiger charge is -2.09. The number of rotatable bonds is 2. The monoisotopic (exact) mass is 578 g/mol. The molecular weight excluding hydrogens is 553 g/mol. The van der Waals surface area contributed by atoms with Crippen molar-refractivity contribution in [2.24, 2.45) is 0 Å². The first-order valence-corrected chi connectivity index (χ1v) is 15.8. The molecule has 7 aromatic carbocycles. The van der Waals surface area contributed by atoms with E-state index in [0.29, 0.717) is 0 Å². The van der Waals surface area contributed by atoms with Crippen LogP contribution in [0.5, 0.6) is 0 Å². The fourth-order valence-electron chi connectivity index (χ4n) is 6.67. The van der Waals surface area contributed by atoms with Crippen LogP contribution in [0.15, 0.2) is 162 Å². The van der Waals surface area contributed by atoms with E-state index in [1.54, 1.807) is 0 Å². The predicted molar refractivity (Wildman–Crippen MR) is 190 cm³/mol. The van der Waals surface area contributed by atoms with Gasteiger partial charge in [-0.2, -0.15) is 0 Å². The smallest absolute Gasteiger partial charge is 0.144 e. The van der Waals surface area contributed by atoms with Crippen LogP contribution in [0.1, 0.15) is 0 Å². The Morgan fingerprint density at radius 2 is 1.02 bits per heavy atom. The van der Waals surface area contributed by atoms with Gasteiger partial charge in [0.15, 0.2) is 0 Å². The highest BCUT2D eigenvalue weighted by Gasteiger charge is 2.16. The van der Waals surface area contributed by atoms with Crippen molar-refractivity contribution in [2.45, 2.75) is 0 Å². The first-order valence-electron chi connectivity index (χ1n) is 14.9. The lowest BCUT2D eigenvalue weighted by Crippen LogP contribution is -1.83. The van der Waals surface area contributed by atoms with E-state index in [9.17, 15) is 0 Å². The summed E-state index contributed by atoms with van der Waals surface area (Å²) in [7, 11) is 0. The second-order valence-electron chi connectivity index (χ2n) is 11.2. The third kappa shape index (κ3) is 3.92. The minimum atomic E-state index is 0.909. The number of hydrogen-bond donors (Lipinski definition) is 0. The second kappa shape index (κ2) is 10.1. The molecule has 0 atom stereocenters. The summed E-state index contributed by atoms with van der Waals surface area (Å²) in [4.78, 5) is 0. The highest BCUT2D eigenvalue weighted by Crippen LogP contribution is 2.44. The summed E-state index contributed by atoms with van der Waals surface area (Å²) >= 11 is 1.85. The maximum atomic E-state index is 6.69. The third-order valence-corrected chi connectivity index (χ3v) is 9.93. The zero-order chi connectivity index (χ0) is 29.0. The average Bonchev–Trinajstić information content (AvgIpc) is 3.65. The Bertz CT molecular complexity index is 2600. The molecule has 0 aliphatic heterocycles. The van der Waals surface area contributed by atoms with Crippen molar-refractivity contribution < 1.29 is 4.42 Å². The molecule has 2 heteroatoms. The molecule has 9 aromatic rings. The van der Waals surface area contributed by atoms with E-state index in [1.807, 2.05) is 11.3 Å². The molecule has 0 saturated heterocycles. The number of hydrogen-bond acceptors (Lipinski definition) is 2. The Kier molecular flexibility index (Phi) is 5.75. The van der Waals surface area contributed by atoms with Gasteiger partial charge in [-0.3, -0.25) is 0 Å². The summed E-state index contributed by atoms with van der Waals surface area (Å²) in [5, 5.41) is 9.70. The maximum Gasteiger partial charge on any atom is 0.144 e. The van der Waals surface area contributed by atoms with Crippen molar-refractivity contribution in [3.05, 3.63) is 158 Å². The number of thiophene rings is 1. The van der Waals surface area contributed by atoms with Crippen molar-refractivity contribution >= 4 is 75.0 Å². The zero-order valence-electron chi connectivity index (χ0n) is 23.8. The molecule has 0 bridgehead atoms. The van der Waals surface area contributed by atoms with E-state index < -0.39 is 0 Å². The van der Waals surface area contributed by atoms with Gasteiger partial charge >= 0.3 is 0 Å². The van der Waals surface area contributed by atoms with Crippen molar-refractivity contribution in [3.8, 4) is 22.3 Å². The summed E-state index contributed by atoms with van der Waals surface area (Å²) in [6, 6.07) is 56.6. The topological polar surface area (TPSA) is 13.1 Å². The van der Waals surface area contributed by atoms with Gasteiger partial charge in [0.25, 0.3) is 0 Å². The van der Waals surface area contributed by atoms with E-state index in [2.05, 4.69) is 158 Å². The molecule has 1 nitrogen and oxygen atoms in total. The highest BCUT2D eigenvalue weighted by molar-refractivity contribution is 7.26. The maximum absolute atomic E-state index is 6.69. The lowest BCUT2D eigenvalue weighted by atomic mass is 9.94. The summed E-state index contributed by atoms with van der Waals surface area (Å²) in [6.07, 6.45) is 0. The minimum Gasteiger partial charge on any atom is -0.455 e. The minimum absolute atomic E-state index is 0.909. The molecule has 0 fully saturated rings. The second-order valence-corrected chi connectivity index (χ2v) is 12.3. The molecule has 0 unspecified atom stereocenters. The van der Waals surface area contributed by atoms with E-state index in [4.69, 9.17) is 4.42 Å². The molecule has 206 valence electrons. The van der Waals surface area contributed by atoms with E-state index >= 15 is 0 Å². The van der Waals surface area contributed by atoms with Crippen molar-refractivity contribution in [3.63, 3.8) is 0 Å².